The number of nitrogens with one attached hydrogen (secondary N) is 2. The first-order chi connectivity index (χ1) is 12.5. The Kier molecular flexibility index (Phi) is 5.64. The average molecular weight is 368 g/mol. The fourth-order valence-corrected chi connectivity index (χ4v) is 3.11. The number of aryl methyl sites for hydroxylation is 2. The molecule has 0 saturated carbocycles. The lowest BCUT2D eigenvalue weighted by Crippen LogP contribution is -2.29. The van der Waals surface area contributed by atoms with Gasteiger partial charge in [-0.1, -0.05) is 47.5 Å². The number of hydrogen-bond donors (Lipinski definition) is 2. The van der Waals surface area contributed by atoms with E-state index in [9.17, 15) is 4.79 Å². The van der Waals surface area contributed by atoms with Crippen molar-refractivity contribution < 1.29 is 4.79 Å². The summed E-state index contributed by atoms with van der Waals surface area (Å²) in [6.45, 7) is 5.26. The van der Waals surface area contributed by atoms with Crippen molar-refractivity contribution in [1.82, 2.24) is 9.88 Å². The Hall–Kier alpha value is -2.72. The van der Waals surface area contributed by atoms with Crippen LogP contribution in [0.1, 0.15) is 22.4 Å². The molecule has 2 aromatic carbocycles. The van der Waals surface area contributed by atoms with Crippen LogP contribution in [0.2, 0.25) is 5.02 Å². The van der Waals surface area contributed by atoms with Crippen LogP contribution in [0.15, 0.2) is 60.8 Å². The van der Waals surface area contributed by atoms with E-state index in [1.54, 1.807) is 6.07 Å². The Bertz CT molecular complexity index is 917. The van der Waals surface area contributed by atoms with Gasteiger partial charge < -0.3 is 15.2 Å². The normalized spacial score (nSPS) is 10.6. The van der Waals surface area contributed by atoms with Crippen LogP contribution < -0.4 is 10.6 Å². The van der Waals surface area contributed by atoms with Crippen molar-refractivity contribution in [1.29, 1.82) is 0 Å². The third-order valence-electron chi connectivity index (χ3n) is 4.16. The molecule has 3 aromatic rings. The fourth-order valence-electron chi connectivity index (χ4n) is 2.83. The number of nitrogens with zero attached hydrogens (tertiary/aromatic N) is 1. The number of carbonyl (C=O) groups is 1. The Balaban J connectivity index is 1.60. The van der Waals surface area contributed by atoms with Crippen LogP contribution in [0.4, 0.5) is 10.5 Å². The summed E-state index contributed by atoms with van der Waals surface area (Å²) in [5, 5.41) is 6.20. The number of aromatic nitrogens is 1. The molecular weight excluding hydrogens is 346 g/mol. The van der Waals surface area contributed by atoms with Crippen molar-refractivity contribution in [3.05, 3.63) is 88.2 Å². The zero-order valence-electron chi connectivity index (χ0n) is 14.9. The number of rotatable bonds is 5. The number of benzene rings is 2. The number of anilines is 1. The van der Waals surface area contributed by atoms with Gasteiger partial charge >= 0.3 is 6.03 Å². The molecule has 134 valence electrons. The molecule has 0 bridgehead atoms. The van der Waals surface area contributed by atoms with Gasteiger partial charge in [0.2, 0.25) is 0 Å². The van der Waals surface area contributed by atoms with Gasteiger partial charge in [0.05, 0.1) is 17.3 Å². The summed E-state index contributed by atoms with van der Waals surface area (Å²) >= 11 is 6.15. The summed E-state index contributed by atoms with van der Waals surface area (Å²) in [5.74, 6) is 0. The maximum atomic E-state index is 12.2. The van der Waals surface area contributed by atoms with Crippen molar-refractivity contribution in [3.8, 4) is 0 Å². The molecule has 5 heteroatoms. The van der Waals surface area contributed by atoms with Crippen LogP contribution >= 0.6 is 11.6 Å². The fraction of sp³-hybridized carbons (Fsp3) is 0.190. The molecule has 0 radical (unpaired) electrons. The largest absolute Gasteiger partial charge is 0.345 e. The zero-order valence-corrected chi connectivity index (χ0v) is 15.7. The van der Waals surface area contributed by atoms with E-state index in [1.807, 2.05) is 37.4 Å². The molecule has 2 N–H and O–H groups in total. The summed E-state index contributed by atoms with van der Waals surface area (Å²) in [4.78, 5) is 12.2. The lowest BCUT2D eigenvalue weighted by atomic mass is 10.1. The predicted octanol–water partition coefficient (Wildman–Crippen LogP) is 5.13. The molecular formula is C21H22ClN3O. The Labute approximate surface area is 158 Å². The smallest absolute Gasteiger partial charge is 0.319 e. The zero-order chi connectivity index (χ0) is 18.5. The second kappa shape index (κ2) is 8.11. The maximum Gasteiger partial charge on any atom is 0.319 e. The lowest BCUT2D eigenvalue weighted by molar-refractivity contribution is 0.251. The molecule has 0 atom stereocenters. The molecule has 4 nitrogen and oxygen atoms in total. The predicted molar refractivity (Wildman–Crippen MR) is 107 cm³/mol. The van der Waals surface area contributed by atoms with Crippen LogP contribution in [0.25, 0.3) is 0 Å². The minimum Gasteiger partial charge on any atom is -0.345 e. The molecule has 2 amide bonds. The van der Waals surface area contributed by atoms with Crippen LogP contribution in [0.3, 0.4) is 0 Å². The van der Waals surface area contributed by atoms with Gasteiger partial charge in [0.15, 0.2) is 0 Å². The van der Waals surface area contributed by atoms with Gasteiger partial charge in [-0.2, -0.15) is 0 Å². The second-order valence-corrected chi connectivity index (χ2v) is 6.81. The van der Waals surface area contributed by atoms with Crippen LogP contribution in [-0.4, -0.2) is 10.6 Å². The molecule has 3 rings (SSSR count). The van der Waals surface area contributed by atoms with E-state index in [1.165, 1.54) is 11.1 Å². The van der Waals surface area contributed by atoms with Crippen LogP contribution in [-0.2, 0) is 13.1 Å². The first-order valence-corrected chi connectivity index (χ1v) is 8.89. The van der Waals surface area contributed by atoms with Gasteiger partial charge in [0, 0.05) is 18.4 Å². The summed E-state index contributed by atoms with van der Waals surface area (Å²) < 4.78 is 2.13. The molecule has 0 aliphatic rings. The van der Waals surface area contributed by atoms with Crippen molar-refractivity contribution >= 4 is 23.3 Å². The monoisotopic (exact) mass is 367 g/mol. The minimum absolute atomic E-state index is 0.279. The van der Waals surface area contributed by atoms with Gasteiger partial charge in [-0.3, -0.25) is 0 Å². The molecule has 0 aliphatic heterocycles. The molecule has 1 heterocycles. The van der Waals surface area contributed by atoms with Crippen molar-refractivity contribution in [2.45, 2.75) is 26.9 Å². The highest BCUT2D eigenvalue weighted by Gasteiger charge is 2.07. The van der Waals surface area contributed by atoms with E-state index in [-0.39, 0.29) is 6.03 Å². The summed E-state index contributed by atoms with van der Waals surface area (Å²) in [5.41, 5.74) is 5.17. The first kappa shape index (κ1) is 18.1. The van der Waals surface area contributed by atoms with Gasteiger partial charge in [-0.25, -0.2) is 4.79 Å². The highest BCUT2D eigenvalue weighted by Crippen LogP contribution is 2.22. The van der Waals surface area contributed by atoms with Crippen molar-refractivity contribution in [2.24, 2.45) is 0 Å². The molecule has 1 aromatic heterocycles. The van der Waals surface area contributed by atoms with Crippen LogP contribution in [0, 0.1) is 13.8 Å². The number of carbonyl (C=O) groups excluding carboxylic acids is 1. The number of hydrogen-bond acceptors (Lipinski definition) is 1. The van der Waals surface area contributed by atoms with E-state index in [2.05, 4.69) is 46.4 Å². The molecule has 0 aliphatic carbocycles. The minimum atomic E-state index is -0.279. The van der Waals surface area contributed by atoms with Gasteiger partial charge in [-0.05, 0) is 49.2 Å². The van der Waals surface area contributed by atoms with Gasteiger partial charge in [0.25, 0.3) is 0 Å². The average Bonchev–Trinajstić information content (AvgIpc) is 3.03. The van der Waals surface area contributed by atoms with Gasteiger partial charge in [0.1, 0.15) is 0 Å². The standard InChI is InChI=1S/C21H22ClN3O/c1-15-5-3-6-17(11-15)14-25-10-4-7-18(25)13-23-21(26)24-20-9-8-16(2)12-19(20)22/h3-12H,13-14H2,1-2H3,(H2,23,24,26). The van der Waals surface area contributed by atoms with Gasteiger partial charge in [-0.15, -0.1) is 0 Å². The SMILES string of the molecule is Cc1cccc(Cn2cccc2CNC(=O)Nc2ccc(C)cc2Cl)c1. The van der Waals surface area contributed by atoms with E-state index in [4.69, 9.17) is 11.6 Å². The third-order valence-corrected chi connectivity index (χ3v) is 4.47. The van der Waals surface area contributed by atoms with E-state index >= 15 is 0 Å². The topological polar surface area (TPSA) is 46.1 Å². The quantitative estimate of drug-likeness (QED) is 0.645. The summed E-state index contributed by atoms with van der Waals surface area (Å²) in [6.07, 6.45) is 2.02. The van der Waals surface area contributed by atoms with E-state index < -0.39 is 0 Å². The summed E-state index contributed by atoms with van der Waals surface area (Å²) in [6, 6.07) is 17.7. The highest BCUT2D eigenvalue weighted by molar-refractivity contribution is 6.33. The molecule has 0 unspecified atom stereocenters. The number of amides is 2. The Morgan fingerprint density at radius 1 is 1.04 bits per heavy atom. The Morgan fingerprint density at radius 3 is 2.62 bits per heavy atom. The molecule has 0 fully saturated rings. The van der Waals surface area contributed by atoms with E-state index in [0.29, 0.717) is 17.3 Å². The lowest BCUT2D eigenvalue weighted by Gasteiger charge is -2.12. The number of urea groups is 1. The number of halogens is 1. The highest BCUT2D eigenvalue weighted by atomic mass is 35.5. The maximum absolute atomic E-state index is 12.2. The first-order valence-electron chi connectivity index (χ1n) is 8.52. The van der Waals surface area contributed by atoms with Crippen molar-refractivity contribution in [2.75, 3.05) is 5.32 Å². The molecule has 0 saturated heterocycles. The molecule has 26 heavy (non-hydrogen) atoms. The van der Waals surface area contributed by atoms with Crippen molar-refractivity contribution in [3.63, 3.8) is 0 Å². The summed E-state index contributed by atoms with van der Waals surface area (Å²) in [7, 11) is 0. The van der Waals surface area contributed by atoms with E-state index in [0.717, 1.165) is 17.8 Å². The van der Waals surface area contributed by atoms with Crippen LogP contribution in [0.5, 0.6) is 0 Å². The Morgan fingerprint density at radius 2 is 1.85 bits per heavy atom. The molecule has 0 spiro atoms. The third kappa shape index (κ3) is 4.67. The second-order valence-electron chi connectivity index (χ2n) is 6.41.